The molecule has 2 aromatic rings. The van der Waals surface area contributed by atoms with Gasteiger partial charge in [0.25, 0.3) is 0 Å². The van der Waals surface area contributed by atoms with Gasteiger partial charge in [-0.2, -0.15) is 0 Å². The Labute approximate surface area is 165 Å². The molecule has 27 heavy (non-hydrogen) atoms. The van der Waals surface area contributed by atoms with E-state index >= 15 is 0 Å². The molecule has 0 aliphatic carbocycles. The summed E-state index contributed by atoms with van der Waals surface area (Å²) in [6.45, 7) is 5.83. The Morgan fingerprint density at radius 2 is 1.48 bits per heavy atom. The summed E-state index contributed by atoms with van der Waals surface area (Å²) < 4.78 is 11.1. The molecule has 2 aromatic carbocycles. The van der Waals surface area contributed by atoms with Crippen LogP contribution in [0.3, 0.4) is 0 Å². The number of carbonyl (C=O) groups excluding carboxylic acids is 2. The maximum atomic E-state index is 12.5. The molecule has 0 N–H and O–H groups in total. The summed E-state index contributed by atoms with van der Waals surface area (Å²) in [7, 11) is 0. The maximum Gasteiger partial charge on any atom is 0.349 e. The van der Waals surface area contributed by atoms with Gasteiger partial charge < -0.3 is 9.47 Å². The van der Waals surface area contributed by atoms with Crippen molar-refractivity contribution in [1.29, 1.82) is 0 Å². The molecular weight excluding hydrogens is 364 g/mol. The van der Waals surface area contributed by atoms with Crippen molar-refractivity contribution >= 4 is 23.4 Å². The van der Waals surface area contributed by atoms with Gasteiger partial charge in [-0.25, -0.2) is 4.79 Å². The van der Waals surface area contributed by atoms with Crippen molar-refractivity contribution in [2.75, 3.05) is 6.61 Å². The van der Waals surface area contributed by atoms with E-state index in [1.165, 1.54) is 0 Å². The third-order valence-corrected chi connectivity index (χ3v) is 4.32. The lowest BCUT2D eigenvalue weighted by Gasteiger charge is -2.24. The molecule has 0 heterocycles. The molecule has 0 unspecified atom stereocenters. The molecule has 0 atom stereocenters. The van der Waals surface area contributed by atoms with Gasteiger partial charge in [0.15, 0.2) is 11.4 Å². The summed E-state index contributed by atoms with van der Waals surface area (Å²) in [5, 5.41) is 0.583. The topological polar surface area (TPSA) is 52.6 Å². The number of carbonyl (C=O) groups is 2. The van der Waals surface area contributed by atoms with Crippen molar-refractivity contribution in [3.05, 3.63) is 64.7 Å². The lowest BCUT2D eigenvalue weighted by atomic mass is 10.0. The first-order valence-corrected chi connectivity index (χ1v) is 9.48. The summed E-state index contributed by atoms with van der Waals surface area (Å²) in [5.41, 5.74) is -0.0119. The van der Waals surface area contributed by atoms with E-state index in [1.807, 2.05) is 0 Å². The SMILES string of the molecule is CCCCCOC(=O)C(C)(C)Oc1ccc(C(=O)c2ccc(Cl)cc2)cc1. The maximum absolute atomic E-state index is 12.5. The number of halogens is 1. The molecule has 0 saturated heterocycles. The summed E-state index contributed by atoms with van der Waals surface area (Å²) in [5.74, 6) is -0.00843. The van der Waals surface area contributed by atoms with E-state index in [1.54, 1.807) is 62.4 Å². The molecule has 0 fully saturated rings. The molecule has 0 aliphatic heterocycles. The minimum absolute atomic E-state index is 0.104. The summed E-state index contributed by atoms with van der Waals surface area (Å²) in [4.78, 5) is 24.7. The largest absolute Gasteiger partial charge is 0.476 e. The number of benzene rings is 2. The molecule has 0 amide bonds. The van der Waals surface area contributed by atoms with Crippen LogP contribution in [0.1, 0.15) is 56.0 Å². The molecule has 5 heteroatoms. The minimum Gasteiger partial charge on any atom is -0.476 e. The third-order valence-electron chi connectivity index (χ3n) is 4.07. The molecule has 0 aliphatic rings. The van der Waals surface area contributed by atoms with Crippen molar-refractivity contribution in [2.45, 2.75) is 45.6 Å². The first-order chi connectivity index (χ1) is 12.8. The van der Waals surface area contributed by atoms with Gasteiger partial charge >= 0.3 is 5.97 Å². The summed E-state index contributed by atoms with van der Waals surface area (Å²) in [6, 6.07) is 13.4. The zero-order valence-corrected chi connectivity index (χ0v) is 16.7. The van der Waals surface area contributed by atoms with Crippen molar-refractivity contribution in [2.24, 2.45) is 0 Å². The number of rotatable bonds is 9. The normalized spacial score (nSPS) is 11.1. The van der Waals surface area contributed by atoms with Crippen LogP contribution in [0.25, 0.3) is 0 Å². The number of hydrogen-bond donors (Lipinski definition) is 0. The monoisotopic (exact) mass is 388 g/mol. The molecule has 4 nitrogen and oxygen atoms in total. The molecule has 0 aromatic heterocycles. The second-order valence-corrected chi connectivity index (χ2v) is 7.25. The molecule has 0 saturated carbocycles. The average Bonchev–Trinajstić information content (AvgIpc) is 2.65. The van der Waals surface area contributed by atoms with Gasteiger partial charge in [-0.1, -0.05) is 31.4 Å². The number of ketones is 1. The van der Waals surface area contributed by atoms with E-state index in [9.17, 15) is 9.59 Å². The van der Waals surface area contributed by atoms with E-state index in [2.05, 4.69) is 6.92 Å². The molecule has 0 spiro atoms. The minimum atomic E-state index is -1.10. The molecule has 0 bridgehead atoms. The standard InChI is InChI=1S/C22H25ClO4/c1-4-5-6-15-26-21(25)22(2,3)27-19-13-9-17(10-14-19)20(24)16-7-11-18(23)12-8-16/h7-14H,4-6,15H2,1-3H3. The first kappa shape index (κ1) is 21.0. The third kappa shape index (κ3) is 6.10. The zero-order valence-electron chi connectivity index (χ0n) is 16.0. The Kier molecular flexibility index (Phi) is 7.43. The van der Waals surface area contributed by atoms with Crippen LogP contribution in [-0.2, 0) is 9.53 Å². The highest BCUT2D eigenvalue weighted by Crippen LogP contribution is 2.22. The number of ether oxygens (including phenoxy) is 2. The Morgan fingerprint density at radius 3 is 2.04 bits per heavy atom. The van der Waals surface area contributed by atoms with Gasteiger partial charge in [-0.05, 0) is 68.8 Å². The smallest absolute Gasteiger partial charge is 0.349 e. The second kappa shape index (κ2) is 9.56. The molecule has 0 radical (unpaired) electrons. The van der Waals surface area contributed by atoms with Gasteiger partial charge in [-0.3, -0.25) is 4.79 Å². The summed E-state index contributed by atoms with van der Waals surface area (Å²) >= 11 is 5.85. The second-order valence-electron chi connectivity index (χ2n) is 6.82. The Bertz CT molecular complexity index is 764. The van der Waals surface area contributed by atoms with Crippen LogP contribution in [0.5, 0.6) is 5.75 Å². The Balaban J connectivity index is 1.98. The number of hydrogen-bond acceptors (Lipinski definition) is 4. The molecular formula is C22H25ClO4. The van der Waals surface area contributed by atoms with Gasteiger partial charge in [-0.15, -0.1) is 0 Å². The average molecular weight is 389 g/mol. The number of esters is 1. The van der Waals surface area contributed by atoms with Crippen LogP contribution in [0, 0.1) is 0 Å². The Hall–Kier alpha value is -2.33. The molecule has 2 rings (SSSR count). The first-order valence-electron chi connectivity index (χ1n) is 9.10. The van der Waals surface area contributed by atoms with Gasteiger partial charge in [0, 0.05) is 16.1 Å². The fourth-order valence-electron chi connectivity index (χ4n) is 2.47. The van der Waals surface area contributed by atoms with Crippen LogP contribution in [0.2, 0.25) is 5.02 Å². The van der Waals surface area contributed by atoms with Crippen molar-refractivity contribution in [1.82, 2.24) is 0 Å². The highest BCUT2D eigenvalue weighted by atomic mass is 35.5. The van der Waals surface area contributed by atoms with Crippen molar-refractivity contribution < 1.29 is 19.1 Å². The van der Waals surface area contributed by atoms with Crippen LogP contribution in [0.15, 0.2) is 48.5 Å². The predicted octanol–water partition coefficient (Wildman–Crippen LogP) is 5.46. The van der Waals surface area contributed by atoms with Crippen molar-refractivity contribution in [3.8, 4) is 5.75 Å². The van der Waals surface area contributed by atoms with Crippen LogP contribution in [-0.4, -0.2) is 24.0 Å². The predicted molar refractivity (Wildman–Crippen MR) is 107 cm³/mol. The molecule has 144 valence electrons. The van der Waals surface area contributed by atoms with Crippen LogP contribution >= 0.6 is 11.6 Å². The van der Waals surface area contributed by atoms with Crippen LogP contribution < -0.4 is 4.74 Å². The van der Waals surface area contributed by atoms with Gasteiger partial charge in [0.2, 0.25) is 0 Å². The quantitative estimate of drug-likeness (QED) is 0.325. The Morgan fingerprint density at radius 1 is 0.926 bits per heavy atom. The van der Waals surface area contributed by atoms with E-state index in [0.717, 1.165) is 19.3 Å². The lowest BCUT2D eigenvalue weighted by molar-refractivity contribution is -0.159. The van der Waals surface area contributed by atoms with Gasteiger partial charge in [0.05, 0.1) is 6.61 Å². The van der Waals surface area contributed by atoms with E-state index in [-0.39, 0.29) is 5.78 Å². The zero-order chi connectivity index (χ0) is 19.9. The highest BCUT2D eigenvalue weighted by molar-refractivity contribution is 6.30. The van der Waals surface area contributed by atoms with E-state index in [4.69, 9.17) is 21.1 Å². The lowest BCUT2D eigenvalue weighted by Crippen LogP contribution is -2.39. The van der Waals surface area contributed by atoms with E-state index in [0.29, 0.717) is 28.5 Å². The fraction of sp³-hybridized carbons (Fsp3) is 0.364. The van der Waals surface area contributed by atoms with Crippen molar-refractivity contribution in [3.63, 3.8) is 0 Å². The summed E-state index contributed by atoms with van der Waals surface area (Å²) in [6.07, 6.45) is 2.94. The highest BCUT2D eigenvalue weighted by Gasteiger charge is 2.31. The number of unbranched alkanes of at least 4 members (excludes halogenated alkanes) is 2. The fourth-order valence-corrected chi connectivity index (χ4v) is 2.60. The van der Waals surface area contributed by atoms with Crippen LogP contribution in [0.4, 0.5) is 0 Å². The van der Waals surface area contributed by atoms with Gasteiger partial charge in [0.1, 0.15) is 5.75 Å². The van der Waals surface area contributed by atoms with E-state index < -0.39 is 11.6 Å².